The van der Waals surface area contributed by atoms with Crippen molar-refractivity contribution < 1.29 is 0 Å². The molecule has 0 spiro atoms. The van der Waals surface area contributed by atoms with Gasteiger partial charge in [0.1, 0.15) is 0 Å². The van der Waals surface area contributed by atoms with E-state index in [4.69, 9.17) is 0 Å². The van der Waals surface area contributed by atoms with Gasteiger partial charge < -0.3 is 5.32 Å². The largest absolute Gasteiger partial charge is 0.311 e. The van der Waals surface area contributed by atoms with E-state index in [9.17, 15) is 0 Å². The summed E-state index contributed by atoms with van der Waals surface area (Å²) >= 11 is 0. The van der Waals surface area contributed by atoms with Crippen LogP contribution in [0, 0.1) is 5.92 Å². The quantitative estimate of drug-likeness (QED) is 0.713. The number of allylic oxidation sites excluding steroid dienone is 1. The molecule has 0 aromatic rings. The normalized spacial score (nSPS) is 31.2. The summed E-state index contributed by atoms with van der Waals surface area (Å²) in [7, 11) is 0. The van der Waals surface area contributed by atoms with Crippen LogP contribution in [0.2, 0.25) is 0 Å². The summed E-state index contributed by atoms with van der Waals surface area (Å²) in [5.74, 6) is 0.802. The molecule has 0 aliphatic heterocycles. The van der Waals surface area contributed by atoms with Crippen LogP contribution >= 0.6 is 0 Å². The van der Waals surface area contributed by atoms with E-state index in [1.807, 2.05) is 0 Å². The van der Waals surface area contributed by atoms with Gasteiger partial charge in [-0.25, -0.2) is 0 Å². The molecule has 1 N–H and O–H groups in total. The molecule has 2 rings (SSSR count). The van der Waals surface area contributed by atoms with Crippen molar-refractivity contribution in [2.45, 2.75) is 83.7 Å². The van der Waals surface area contributed by atoms with E-state index in [-0.39, 0.29) is 0 Å². The number of hydrogen-bond acceptors (Lipinski definition) is 1. The van der Waals surface area contributed by atoms with Gasteiger partial charge in [-0.2, -0.15) is 0 Å². The highest BCUT2D eigenvalue weighted by atomic mass is 15.0. The van der Waals surface area contributed by atoms with Crippen molar-refractivity contribution in [1.82, 2.24) is 5.32 Å². The van der Waals surface area contributed by atoms with Crippen LogP contribution in [0.1, 0.15) is 71.6 Å². The van der Waals surface area contributed by atoms with Gasteiger partial charge in [0.2, 0.25) is 0 Å². The molecule has 2 fully saturated rings. The van der Waals surface area contributed by atoms with Gasteiger partial charge in [0, 0.05) is 12.1 Å². The predicted octanol–water partition coefficient (Wildman–Crippen LogP) is 4.43. The maximum Gasteiger partial charge on any atom is 0.0132 e. The van der Waals surface area contributed by atoms with Crippen LogP contribution in [0.25, 0.3) is 0 Å². The molecular formula is C16H29N. The van der Waals surface area contributed by atoms with Crippen LogP contribution in [0.4, 0.5) is 0 Å². The van der Waals surface area contributed by atoms with Crippen molar-refractivity contribution in [3.8, 4) is 0 Å². The second-order valence-corrected chi connectivity index (χ2v) is 6.30. The molecule has 0 heterocycles. The average Bonchev–Trinajstić information content (AvgIpc) is 2.32. The van der Waals surface area contributed by atoms with Crippen molar-refractivity contribution in [1.29, 1.82) is 0 Å². The van der Waals surface area contributed by atoms with E-state index in [0.717, 1.165) is 18.0 Å². The van der Waals surface area contributed by atoms with E-state index < -0.39 is 0 Å². The third kappa shape index (κ3) is 4.13. The molecule has 0 radical (unpaired) electrons. The fourth-order valence-corrected chi connectivity index (χ4v) is 3.57. The van der Waals surface area contributed by atoms with Gasteiger partial charge >= 0.3 is 0 Å². The Balaban J connectivity index is 1.89. The van der Waals surface area contributed by atoms with Crippen LogP contribution < -0.4 is 5.32 Å². The van der Waals surface area contributed by atoms with Gasteiger partial charge in [0.25, 0.3) is 0 Å². The molecule has 1 heteroatoms. The van der Waals surface area contributed by atoms with Crippen molar-refractivity contribution in [3.05, 3.63) is 11.6 Å². The fraction of sp³-hybridized carbons (Fsp3) is 0.875. The van der Waals surface area contributed by atoms with Crippen LogP contribution in [0.5, 0.6) is 0 Å². The third-order valence-electron chi connectivity index (χ3n) is 4.42. The van der Waals surface area contributed by atoms with Crippen LogP contribution in [-0.4, -0.2) is 12.1 Å². The SMILES string of the molecule is CC(C)=C[C@@H]1CCCC[C@@H]1NC1CCCCC1. The first-order valence-corrected chi connectivity index (χ1v) is 7.67. The molecule has 2 aliphatic carbocycles. The first kappa shape index (κ1) is 13.1. The molecule has 0 amide bonds. The molecule has 0 bridgehead atoms. The molecule has 2 saturated carbocycles. The first-order valence-electron chi connectivity index (χ1n) is 7.67. The minimum atomic E-state index is 0.766. The zero-order chi connectivity index (χ0) is 12.1. The van der Waals surface area contributed by atoms with E-state index in [2.05, 4.69) is 25.2 Å². The monoisotopic (exact) mass is 235 g/mol. The van der Waals surface area contributed by atoms with Crippen molar-refractivity contribution in [3.63, 3.8) is 0 Å². The molecular weight excluding hydrogens is 206 g/mol. The van der Waals surface area contributed by atoms with Gasteiger partial charge in [-0.3, -0.25) is 0 Å². The molecule has 0 saturated heterocycles. The standard InChI is InChI=1S/C16H29N/c1-13(2)12-14-8-6-7-11-16(14)17-15-9-4-3-5-10-15/h12,14-17H,3-11H2,1-2H3/t14-,16-/m0/s1. The van der Waals surface area contributed by atoms with Gasteiger partial charge in [0.05, 0.1) is 0 Å². The Bertz CT molecular complexity index is 246. The Morgan fingerprint density at radius 2 is 1.53 bits per heavy atom. The lowest BCUT2D eigenvalue weighted by Crippen LogP contribution is -2.44. The zero-order valence-corrected chi connectivity index (χ0v) is 11.7. The molecule has 1 nitrogen and oxygen atoms in total. The van der Waals surface area contributed by atoms with Gasteiger partial charge in [-0.05, 0) is 45.4 Å². The molecule has 2 aliphatic rings. The van der Waals surface area contributed by atoms with E-state index in [1.165, 1.54) is 63.4 Å². The Morgan fingerprint density at radius 1 is 0.882 bits per heavy atom. The Labute approximate surface area is 107 Å². The summed E-state index contributed by atoms with van der Waals surface area (Å²) in [6.45, 7) is 4.48. The molecule has 2 atom stereocenters. The Morgan fingerprint density at radius 3 is 2.24 bits per heavy atom. The minimum Gasteiger partial charge on any atom is -0.311 e. The molecule has 0 aromatic heterocycles. The van der Waals surface area contributed by atoms with E-state index >= 15 is 0 Å². The summed E-state index contributed by atoms with van der Waals surface area (Å²) in [6.07, 6.45) is 15.3. The van der Waals surface area contributed by atoms with Crippen molar-refractivity contribution in [2.75, 3.05) is 0 Å². The highest BCUT2D eigenvalue weighted by molar-refractivity contribution is 5.03. The highest BCUT2D eigenvalue weighted by Crippen LogP contribution is 2.28. The second-order valence-electron chi connectivity index (χ2n) is 6.30. The van der Waals surface area contributed by atoms with Crippen LogP contribution in [0.15, 0.2) is 11.6 Å². The summed E-state index contributed by atoms with van der Waals surface area (Å²) in [5.41, 5.74) is 1.49. The van der Waals surface area contributed by atoms with Gasteiger partial charge in [0.15, 0.2) is 0 Å². The first-order chi connectivity index (χ1) is 8.25. The summed E-state index contributed by atoms with van der Waals surface area (Å²) in [4.78, 5) is 0. The zero-order valence-electron chi connectivity index (χ0n) is 11.7. The highest BCUT2D eigenvalue weighted by Gasteiger charge is 2.26. The van der Waals surface area contributed by atoms with Crippen molar-refractivity contribution >= 4 is 0 Å². The topological polar surface area (TPSA) is 12.0 Å². The molecule has 17 heavy (non-hydrogen) atoms. The summed E-state index contributed by atoms with van der Waals surface area (Å²) < 4.78 is 0. The lowest BCUT2D eigenvalue weighted by Gasteiger charge is -2.35. The average molecular weight is 235 g/mol. The number of nitrogens with one attached hydrogen (secondary N) is 1. The van der Waals surface area contributed by atoms with Crippen molar-refractivity contribution in [2.24, 2.45) is 5.92 Å². The number of rotatable bonds is 3. The Hall–Kier alpha value is -0.300. The molecule has 0 unspecified atom stereocenters. The minimum absolute atomic E-state index is 0.766. The summed E-state index contributed by atoms with van der Waals surface area (Å²) in [6, 6.07) is 1.58. The van der Waals surface area contributed by atoms with Crippen LogP contribution in [-0.2, 0) is 0 Å². The fourth-order valence-electron chi connectivity index (χ4n) is 3.57. The van der Waals surface area contributed by atoms with Crippen LogP contribution in [0.3, 0.4) is 0 Å². The lowest BCUT2D eigenvalue weighted by atomic mass is 9.82. The van der Waals surface area contributed by atoms with Gasteiger partial charge in [-0.15, -0.1) is 0 Å². The third-order valence-corrected chi connectivity index (χ3v) is 4.42. The molecule has 0 aromatic carbocycles. The van der Waals surface area contributed by atoms with E-state index in [1.54, 1.807) is 0 Å². The van der Waals surface area contributed by atoms with Gasteiger partial charge in [-0.1, -0.05) is 43.8 Å². The van der Waals surface area contributed by atoms with E-state index in [0.29, 0.717) is 0 Å². The Kier molecular flexibility index (Phi) is 5.09. The smallest absolute Gasteiger partial charge is 0.0132 e. The molecule has 98 valence electrons. The summed E-state index contributed by atoms with van der Waals surface area (Å²) in [5, 5.41) is 3.97. The predicted molar refractivity (Wildman–Crippen MR) is 75.2 cm³/mol. The maximum absolute atomic E-state index is 3.97. The number of hydrogen-bond donors (Lipinski definition) is 1. The maximum atomic E-state index is 3.97. The second kappa shape index (κ2) is 6.58. The lowest BCUT2D eigenvalue weighted by molar-refractivity contribution is 0.251.